The summed E-state index contributed by atoms with van der Waals surface area (Å²) in [6.07, 6.45) is 9.07. The molecule has 3 aromatic rings. The third-order valence-corrected chi connectivity index (χ3v) is 6.83. The Labute approximate surface area is 204 Å². The highest BCUT2D eigenvalue weighted by Crippen LogP contribution is 2.38. The molecular weight excluding hydrogens is 426 g/mol. The molecule has 170 valence electrons. The fraction of sp³-hybridized carbons (Fsp3) is 0.267. The van der Waals surface area contributed by atoms with Gasteiger partial charge in [0, 0.05) is 13.1 Å². The van der Waals surface area contributed by atoms with E-state index in [0.29, 0.717) is 0 Å². The lowest BCUT2D eigenvalue weighted by Crippen LogP contribution is -2.32. The van der Waals surface area contributed by atoms with E-state index in [2.05, 4.69) is 83.8 Å². The van der Waals surface area contributed by atoms with Gasteiger partial charge in [0.2, 0.25) is 0 Å². The summed E-state index contributed by atoms with van der Waals surface area (Å²) in [7, 11) is 1.76. The van der Waals surface area contributed by atoms with Crippen molar-refractivity contribution in [3.05, 3.63) is 106 Å². The molecule has 2 nitrogen and oxygen atoms in total. The minimum absolute atomic E-state index is 0. The lowest BCUT2D eigenvalue weighted by molar-refractivity contribution is 0.253. The van der Waals surface area contributed by atoms with Crippen LogP contribution in [0.25, 0.3) is 17.7 Å². The van der Waals surface area contributed by atoms with Crippen LogP contribution >= 0.6 is 12.4 Å². The maximum Gasteiger partial charge on any atom is 0.122 e. The van der Waals surface area contributed by atoms with Gasteiger partial charge in [0.25, 0.3) is 0 Å². The number of likely N-dealkylation sites (tertiary alicyclic amines) is 1. The molecule has 1 fully saturated rings. The van der Waals surface area contributed by atoms with E-state index in [1.165, 1.54) is 39.8 Å². The first-order valence-corrected chi connectivity index (χ1v) is 11.8. The summed E-state index contributed by atoms with van der Waals surface area (Å²) >= 11 is 0. The van der Waals surface area contributed by atoms with Gasteiger partial charge in [-0.2, -0.15) is 0 Å². The summed E-state index contributed by atoms with van der Waals surface area (Å²) < 4.78 is 5.51. The quantitative estimate of drug-likeness (QED) is 0.316. The van der Waals surface area contributed by atoms with Gasteiger partial charge in [0.05, 0.1) is 7.11 Å². The van der Waals surface area contributed by atoms with Gasteiger partial charge in [0.1, 0.15) is 5.75 Å². The molecule has 1 aliphatic carbocycles. The molecule has 0 N–H and O–H groups in total. The molecule has 3 aromatic carbocycles. The normalized spacial score (nSPS) is 15.3. The summed E-state index contributed by atoms with van der Waals surface area (Å²) in [6, 6.07) is 26.1. The van der Waals surface area contributed by atoms with Gasteiger partial charge in [-0.15, -0.1) is 12.4 Å². The first-order chi connectivity index (χ1) is 15.8. The Hall–Kier alpha value is -2.81. The number of nitrogens with zero attached hydrogens (tertiary/aromatic N) is 1. The fourth-order valence-corrected chi connectivity index (χ4v) is 5.14. The summed E-state index contributed by atoms with van der Waals surface area (Å²) in [5.74, 6) is 1.01. The smallest absolute Gasteiger partial charge is 0.122 e. The number of para-hydroxylation sites is 1. The predicted octanol–water partition coefficient (Wildman–Crippen LogP) is 7.13. The maximum absolute atomic E-state index is 5.51. The molecule has 1 aliphatic heterocycles. The summed E-state index contributed by atoms with van der Waals surface area (Å²) in [6.45, 7) is 3.43. The maximum atomic E-state index is 5.51. The molecule has 1 heterocycles. The van der Waals surface area contributed by atoms with Crippen LogP contribution in [0.2, 0.25) is 0 Å². The third-order valence-electron chi connectivity index (χ3n) is 6.83. The van der Waals surface area contributed by atoms with Crippen LogP contribution in [0.15, 0.2) is 78.4 Å². The second-order valence-electron chi connectivity index (χ2n) is 8.74. The summed E-state index contributed by atoms with van der Waals surface area (Å²) in [4.78, 5) is 2.63. The number of aryl methyl sites for hydroxylation is 1. The standard InChI is InChI=1S/C30H31NO.ClH/c1-32-29-15-7-4-11-25(29)12-8-20-31-21-18-26(19-22-31)30-27-13-5-2-9-23(27)16-17-24-10-3-6-14-28(24)30;/h2-7,9-11,13-17H,8,12,18-22H2,1H3;1H. The van der Waals surface area contributed by atoms with Crippen molar-refractivity contribution in [3.8, 4) is 5.75 Å². The van der Waals surface area contributed by atoms with E-state index in [4.69, 9.17) is 4.74 Å². The number of benzene rings is 3. The highest BCUT2D eigenvalue weighted by Gasteiger charge is 2.22. The van der Waals surface area contributed by atoms with Crippen molar-refractivity contribution < 1.29 is 4.74 Å². The van der Waals surface area contributed by atoms with Crippen LogP contribution in [0.4, 0.5) is 0 Å². The fourth-order valence-electron chi connectivity index (χ4n) is 5.14. The summed E-state index contributed by atoms with van der Waals surface area (Å²) in [5, 5.41) is 0. The monoisotopic (exact) mass is 457 g/mol. The van der Waals surface area contributed by atoms with Crippen molar-refractivity contribution >= 4 is 30.1 Å². The molecule has 0 unspecified atom stereocenters. The average Bonchev–Trinajstić information content (AvgIpc) is 3.02. The minimum Gasteiger partial charge on any atom is -0.496 e. The predicted molar refractivity (Wildman–Crippen MR) is 142 cm³/mol. The summed E-state index contributed by atoms with van der Waals surface area (Å²) in [5.41, 5.74) is 9.80. The average molecular weight is 458 g/mol. The van der Waals surface area contributed by atoms with Crippen LogP contribution in [0.5, 0.6) is 5.75 Å². The van der Waals surface area contributed by atoms with Gasteiger partial charge in [-0.1, -0.05) is 84.5 Å². The molecule has 2 aliphatic rings. The SMILES string of the molecule is COc1ccccc1CCCN1CCC(=C2c3ccccc3C=Cc3ccccc32)CC1.Cl. The Morgan fingerprint density at radius 3 is 1.97 bits per heavy atom. The Morgan fingerprint density at radius 2 is 1.33 bits per heavy atom. The van der Waals surface area contributed by atoms with E-state index in [-0.39, 0.29) is 12.4 Å². The molecule has 0 spiro atoms. The largest absolute Gasteiger partial charge is 0.496 e. The van der Waals surface area contributed by atoms with Crippen LogP contribution in [0.1, 0.15) is 47.1 Å². The zero-order valence-corrected chi connectivity index (χ0v) is 20.1. The van der Waals surface area contributed by atoms with E-state index in [0.717, 1.165) is 44.6 Å². The number of fused-ring (bicyclic) bond motifs is 2. The minimum atomic E-state index is 0. The van der Waals surface area contributed by atoms with Gasteiger partial charge in [-0.3, -0.25) is 0 Å². The van der Waals surface area contributed by atoms with Crippen LogP contribution in [0, 0.1) is 0 Å². The number of rotatable bonds is 5. The molecule has 3 heteroatoms. The van der Waals surface area contributed by atoms with Crippen molar-refractivity contribution in [3.63, 3.8) is 0 Å². The highest BCUT2D eigenvalue weighted by molar-refractivity contribution is 5.94. The Balaban J connectivity index is 0.00000259. The lowest BCUT2D eigenvalue weighted by Gasteiger charge is -2.30. The van der Waals surface area contributed by atoms with Gasteiger partial charge in [-0.05, 0) is 71.7 Å². The Bertz CT molecular complexity index is 1100. The molecule has 0 amide bonds. The van der Waals surface area contributed by atoms with Gasteiger partial charge in [0.15, 0.2) is 0 Å². The number of methoxy groups -OCH3 is 1. The zero-order valence-electron chi connectivity index (χ0n) is 19.3. The van der Waals surface area contributed by atoms with Crippen molar-refractivity contribution in [2.24, 2.45) is 0 Å². The van der Waals surface area contributed by atoms with Gasteiger partial charge >= 0.3 is 0 Å². The van der Waals surface area contributed by atoms with Gasteiger partial charge < -0.3 is 9.64 Å². The molecule has 0 aromatic heterocycles. The van der Waals surface area contributed by atoms with Gasteiger partial charge in [-0.25, -0.2) is 0 Å². The van der Waals surface area contributed by atoms with Crippen LogP contribution in [0.3, 0.4) is 0 Å². The van der Waals surface area contributed by atoms with Crippen molar-refractivity contribution in [2.45, 2.75) is 25.7 Å². The van der Waals surface area contributed by atoms with E-state index >= 15 is 0 Å². The molecule has 0 saturated carbocycles. The Morgan fingerprint density at radius 1 is 0.758 bits per heavy atom. The van der Waals surface area contributed by atoms with Crippen LogP contribution in [-0.2, 0) is 6.42 Å². The molecule has 0 atom stereocenters. The number of piperidine rings is 1. The van der Waals surface area contributed by atoms with E-state index in [1.807, 2.05) is 6.07 Å². The van der Waals surface area contributed by atoms with Crippen LogP contribution < -0.4 is 4.74 Å². The topological polar surface area (TPSA) is 12.5 Å². The molecule has 1 saturated heterocycles. The van der Waals surface area contributed by atoms with E-state index in [9.17, 15) is 0 Å². The number of hydrogen-bond donors (Lipinski definition) is 0. The second-order valence-corrected chi connectivity index (χ2v) is 8.74. The number of ether oxygens (including phenoxy) is 1. The molecule has 5 rings (SSSR count). The second kappa shape index (κ2) is 10.9. The number of halogens is 1. The van der Waals surface area contributed by atoms with Crippen LogP contribution in [-0.4, -0.2) is 31.6 Å². The molecule has 0 bridgehead atoms. The highest BCUT2D eigenvalue weighted by atomic mass is 35.5. The number of hydrogen-bond acceptors (Lipinski definition) is 2. The third kappa shape index (κ3) is 5.08. The lowest BCUT2D eigenvalue weighted by atomic mass is 9.86. The van der Waals surface area contributed by atoms with Crippen molar-refractivity contribution in [1.29, 1.82) is 0 Å². The van der Waals surface area contributed by atoms with Crippen molar-refractivity contribution in [1.82, 2.24) is 4.90 Å². The first kappa shape index (κ1) is 23.4. The molecular formula is C30H32ClNO. The molecule has 0 radical (unpaired) electrons. The zero-order chi connectivity index (χ0) is 21.8. The van der Waals surface area contributed by atoms with E-state index < -0.39 is 0 Å². The van der Waals surface area contributed by atoms with E-state index in [1.54, 1.807) is 12.7 Å². The first-order valence-electron chi connectivity index (χ1n) is 11.8. The van der Waals surface area contributed by atoms with Crippen molar-refractivity contribution in [2.75, 3.05) is 26.7 Å². The molecule has 33 heavy (non-hydrogen) atoms. The Kier molecular flexibility index (Phi) is 7.69.